The van der Waals surface area contributed by atoms with Gasteiger partial charge in [-0.05, 0) is 73.1 Å². The molecule has 1 atom stereocenters. The Kier molecular flexibility index (Phi) is 7.99. The Labute approximate surface area is 219 Å². The molecule has 1 fully saturated rings. The zero-order chi connectivity index (χ0) is 25.1. The lowest BCUT2D eigenvalue weighted by atomic mass is 9.94. The van der Waals surface area contributed by atoms with Crippen molar-refractivity contribution < 1.29 is 14.7 Å². The molecule has 4 rings (SSSR count). The van der Waals surface area contributed by atoms with E-state index in [2.05, 4.69) is 9.69 Å². The van der Waals surface area contributed by atoms with Gasteiger partial charge in [0, 0.05) is 11.7 Å². The second kappa shape index (κ2) is 11.0. The van der Waals surface area contributed by atoms with Gasteiger partial charge in [-0.1, -0.05) is 66.7 Å². The minimum atomic E-state index is -1.01. The molecule has 6 nitrogen and oxygen atoms in total. The molecule has 1 heterocycles. The lowest BCUT2D eigenvalue weighted by Gasteiger charge is -2.34. The molecule has 1 aliphatic rings. The van der Waals surface area contributed by atoms with Crippen LogP contribution in [0, 0.1) is 13.8 Å². The summed E-state index contributed by atoms with van der Waals surface area (Å²) >= 11 is 13.4. The van der Waals surface area contributed by atoms with Crippen molar-refractivity contribution >= 4 is 52.2 Å². The fourth-order valence-electron chi connectivity index (χ4n) is 4.45. The number of halogens is 2. The summed E-state index contributed by atoms with van der Waals surface area (Å²) in [7, 11) is 0. The lowest BCUT2D eigenvalue weighted by Crippen LogP contribution is -2.47. The van der Waals surface area contributed by atoms with Crippen LogP contribution in [0.15, 0.2) is 42.5 Å². The van der Waals surface area contributed by atoms with Crippen molar-refractivity contribution in [2.45, 2.75) is 58.0 Å². The van der Waals surface area contributed by atoms with Gasteiger partial charge in [-0.25, -0.2) is 0 Å². The SMILES string of the molecule is Cc1ccc(C)c(N(C(=O)c2nsc(Cl)c2Cl)[C@@H](C(=O)NC2CCCCC2)c2ccc(O)cc2)c1. The van der Waals surface area contributed by atoms with Crippen LogP contribution in [0.1, 0.15) is 65.3 Å². The number of phenols is 1. The number of aromatic nitrogens is 1. The number of hydrogen-bond donors (Lipinski definition) is 2. The Morgan fingerprint density at radius 3 is 2.40 bits per heavy atom. The van der Waals surface area contributed by atoms with E-state index in [-0.39, 0.29) is 32.8 Å². The summed E-state index contributed by atoms with van der Waals surface area (Å²) in [6, 6.07) is 11.1. The van der Waals surface area contributed by atoms with Gasteiger partial charge in [-0.15, -0.1) is 0 Å². The Morgan fingerprint density at radius 1 is 1.09 bits per heavy atom. The van der Waals surface area contributed by atoms with Crippen LogP contribution in [0.2, 0.25) is 9.36 Å². The van der Waals surface area contributed by atoms with Crippen LogP contribution in [-0.2, 0) is 4.79 Å². The van der Waals surface area contributed by atoms with Gasteiger partial charge in [-0.2, -0.15) is 4.37 Å². The highest BCUT2D eigenvalue weighted by Crippen LogP contribution is 2.37. The average Bonchev–Trinajstić information content (AvgIpc) is 3.18. The third-order valence-corrected chi connectivity index (χ3v) is 7.92. The van der Waals surface area contributed by atoms with Crippen LogP contribution in [0.25, 0.3) is 0 Å². The lowest BCUT2D eigenvalue weighted by molar-refractivity contribution is -0.123. The van der Waals surface area contributed by atoms with Gasteiger partial charge < -0.3 is 10.4 Å². The van der Waals surface area contributed by atoms with E-state index in [4.69, 9.17) is 23.2 Å². The van der Waals surface area contributed by atoms with E-state index in [1.807, 2.05) is 32.0 Å². The fraction of sp³-hybridized carbons (Fsp3) is 0.346. The fourth-order valence-corrected chi connectivity index (χ4v) is 5.44. The Hall–Kier alpha value is -2.61. The predicted molar refractivity (Wildman–Crippen MR) is 141 cm³/mol. The number of aromatic hydroxyl groups is 1. The summed E-state index contributed by atoms with van der Waals surface area (Å²) in [6.45, 7) is 3.81. The van der Waals surface area contributed by atoms with E-state index >= 15 is 0 Å². The highest BCUT2D eigenvalue weighted by molar-refractivity contribution is 7.11. The maximum atomic E-state index is 14.0. The van der Waals surface area contributed by atoms with Gasteiger partial charge in [0.15, 0.2) is 5.69 Å². The number of amides is 2. The Bertz CT molecular complexity index is 1220. The van der Waals surface area contributed by atoms with Crippen molar-refractivity contribution in [3.63, 3.8) is 0 Å². The summed E-state index contributed by atoms with van der Waals surface area (Å²) in [5.74, 6) is -0.753. The molecule has 0 bridgehead atoms. The predicted octanol–water partition coefficient (Wildman–Crippen LogP) is 6.61. The zero-order valence-electron chi connectivity index (χ0n) is 19.6. The van der Waals surface area contributed by atoms with E-state index in [0.717, 1.165) is 54.8 Å². The number of anilines is 1. The maximum absolute atomic E-state index is 14.0. The quantitative estimate of drug-likeness (QED) is 0.374. The number of rotatable bonds is 6. The van der Waals surface area contributed by atoms with E-state index in [9.17, 15) is 14.7 Å². The molecule has 0 aliphatic heterocycles. The van der Waals surface area contributed by atoms with E-state index < -0.39 is 11.9 Å². The summed E-state index contributed by atoms with van der Waals surface area (Å²) in [5, 5.41) is 13.1. The topological polar surface area (TPSA) is 82.5 Å². The van der Waals surface area contributed by atoms with Crippen LogP contribution < -0.4 is 10.2 Å². The number of carbonyl (C=O) groups is 2. The molecule has 2 N–H and O–H groups in total. The first-order valence-electron chi connectivity index (χ1n) is 11.6. The number of carbonyl (C=O) groups excluding carboxylic acids is 2. The summed E-state index contributed by atoms with van der Waals surface area (Å²) in [4.78, 5) is 29.4. The molecule has 0 saturated heterocycles. The van der Waals surface area contributed by atoms with Crippen LogP contribution in [-0.4, -0.2) is 27.3 Å². The average molecular weight is 532 g/mol. The number of hydrogen-bond acceptors (Lipinski definition) is 5. The standard InChI is InChI=1S/C26H27Cl2N3O3S/c1-15-8-9-16(2)20(14-15)31(26(34)22-21(27)24(28)35-30-22)23(17-10-12-19(32)13-11-17)25(33)29-18-6-4-3-5-7-18/h8-14,18,23,32H,3-7H2,1-2H3,(H,29,33)/t23-/m1/s1. The van der Waals surface area contributed by atoms with Gasteiger partial charge in [0.1, 0.15) is 21.2 Å². The van der Waals surface area contributed by atoms with Gasteiger partial charge >= 0.3 is 0 Å². The molecule has 9 heteroatoms. The number of phenolic OH excluding ortho intramolecular Hbond substituents is 1. The summed E-state index contributed by atoms with van der Waals surface area (Å²) < 4.78 is 4.41. The monoisotopic (exact) mass is 531 g/mol. The van der Waals surface area contributed by atoms with E-state index in [1.165, 1.54) is 17.0 Å². The van der Waals surface area contributed by atoms with Crippen LogP contribution in [0.4, 0.5) is 5.69 Å². The van der Waals surface area contributed by atoms with Crippen LogP contribution in [0.5, 0.6) is 5.75 Å². The second-order valence-corrected chi connectivity index (χ2v) is 10.7. The first-order valence-corrected chi connectivity index (χ1v) is 13.1. The molecule has 3 aromatic rings. The van der Waals surface area contributed by atoms with E-state index in [0.29, 0.717) is 11.3 Å². The molecular formula is C26H27Cl2N3O3S. The number of aryl methyl sites for hydroxylation is 2. The molecule has 184 valence electrons. The van der Waals surface area contributed by atoms with Crippen molar-refractivity contribution in [1.82, 2.24) is 9.69 Å². The highest BCUT2D eigenvalue weighted by atomic mass is 35.5. The van der Waals surface area contributed by atoms with Crippen molar-refractivity contribution in [2.75, 3.05) is 4.90 Å². The van der Waals surface area contributed by atoms with Gasteiger partial charge in [0.25, 0.3) is 5.91 Å². The Morgan fingerprint density at radius 2 is 1.77 bits per heavy atom. The van der Waals surface area contributed by atoms with Crippen LogP contribution >= 0.6 is 34.7 Å². The maximum Gasteiger partial charge on any atom is 0.280 e. The molecule has 1 aliphatic carbocycles. The molecule has 2 amide bonds. The zero-order valence-corrected chi connectivity index (χ0v) is 21.9. The molecule has 1 saturated carbocycles. The molecule has 0 spiro atoms. The largest absolute Gasteiger partial charge is 0.508 e. The molecule has 1 aromatic heterocycles. The van der Waals surface area contributed by atoms with Crippen molar-refractivity contribution in [2.24, 2.45) is 0 Å². The van der Waals surface area contributed by atoms with Gasteiger partial charge in [0.2, 0.25) is 5.91 Å². The normalized spacial score (nSPS) is 15.0. The third-order valence-electron chi connectivity index (χ3n) is 6.31. The number of benzene rings is 2. The third kappa shape index (κ3) is 5.63. The minimum absolute atomic E-state index is 0.00295. The molecule has 2 aromatic carbocycles. The van der Waals surface area contributed by atoms with Gasteiger partial charge in [0.05, 0.1) is 0 Å². The molecule has 0 unspecified atom stereocenters. The highest BCUT2D eigenvalue weighted by Gasteiger charge is 2.37. The smallest absolute Gasteiger partial charge is 0.280 e. The van der Waals surface area contributed by atoms with Crippen LogP contribution in [0.3, 0.4) is 0 Å². The van der Waals surface area contributed by atoms with Gasteiger partial charge in [-0.3, -0.25) is 14.5 Å². The van der Waals surface area contributed by atoms with Crippen molar-refractivity contribution in [1.29, 1.82) is 0 Å². The number of nitrogens with one attached hydrogen (secondary N) is 1. The minimum Gasteiger partial charge on any atom is -0.508 e. The van der Waals surface area contributed by atoms with E-state index in [1.54, 1.807) is 12.1 Å². The molecule has 35 heavy (non-hydrogen) atoms. The Balaban J connectivity index is 1.86. The second-order valence-electron chi connectivity index (χ2n) is 8.92. The molecule has 0 radical (unpaired) electrons. The molecular weight excluding hydrogens is 505 g/mol. The van der Waals surface area contributed by atoms with Crippen molar-refractivity contribution in [3.8, 4) is 5.75 Å². The van der Waals surface area contributed by atoms with Crippen molar-refractivity contribution in [3.05, 3.63) is 74.2 Å². The first-order chi connectivity index (χ1) is 16.8. The number of nitrogens with zero attached hydrogens (tertiary/aromatic N) is 2. The summed E-state index contributed by atoms with van der Waals surface area (Å²) in [5.41, 5.74) is 2.88. The first kappa shape index (κ1) is 25.5. The summed E-state index contributed by atoms with van der Waals surface area (Å²) in [6.07, 6.45) is 5.07.